The number of nitrogens with two attached hydrogens (primary N) is 1. The number of nitrogen functional groups attached to an aromatic ring is 1. The predicted molar refractivity (Wildman–Crippen MR) is 106 cm³/mol. The second-order valence-corrected chi connectivity index (χ2v) is 6.46. The highest BCUT2D eigenvalue weighted by molar-refractivity contribution is 6.31. The maximum Gasteiger partial charge on any atom is 0.343 e. The first-order valence-corrected chi connectivity index (χ1v) is 8.85. The molecule has 2 rings (SSSR count). The number of aryl methyl sites for hydroxylation is 1. The van der Waals surface area contributed by atoms with E-state index in [1.54, 1.807) is 30.3 Å². The van der Waals surface area contributed by atoms with Gasteiger partial charge in [-0.05, 0) is 36.6 Å². The summed E-state index contributed by atoms with van der Waals surface area (Å²) in [4.78, 5) is 28.0. The summed E-state index contributed by atoms with van der Waals surface area (Å²) in [6.45, 7) is 3.41. The molecule has 0 aromatic heterocycles. The van der Waals surface area contributed by atoms with Gasteiger partial charge in [0.2, 0.25) is 0 Å². The molecule has 6 nitrogen and oxygen atoms in total. The zero-order chi connectivity index (χ0) is 20.2. The number of halogens is 1. The number of anilines is 1. The molecule has 27 heavy (non-hydrogen) atoms. The number of carboxylic acid groups (broad SMARTS) is 2. The highest BCUT2D eigenvalue weighted by Crippen LogP contribution is 2.28. The summed E-state index contributed by atoms with van der Waals surface area (Å²) in [5.41, 5.74) is 6.18. The number of aliphatic carboxylic acids is 2. The number of hydrogen-bond donors (Lipinski definition) is 3. The SMILES string of the molecule is CCc1ccccc1C(=NC(CC)(C(=O)O)C(=O)O)c1cc(Cl)ccc1N. The van der Waals surface area contributed by atoms with Gasteiger partial charge in [0, 0.05) is 21.8 Å². The first-order chi connectivity index (χ1) is 12.8. The van der Waals surface area contributed by atoms with Crippen LogP contribution in [-0.4, -0.2) is 33.4 Å². The van der Waals surface area contributed by atoms with Crippen molar-refractivity contribution in [3.05, 3.63) is 64.2 Å². The molecule has 0 fully saturated rings. The number of aliphatic imine (C=N–C) groups is 1. The van der Waals surface area contributed by atoms with E-state index in [-0.39, 0.29) is 12.1 Å². The maximum absolute atomic E-state index is 11.9. The lowest BCUT2D eigenvalue weighted by Gasteiger charge is -2.22. The van der Waals surface area contributed by atoms with Crippen molar-refractivity contribution in [3.8, 4) is 0 Å². The second kappa shape index (κ2) is 8.22. The number of rotatable bonds is 7. The van der Waals surface area contributed by atoms with E-state index in [4.69, 9.17) is 17.3 Å². The minimum absolute atomic E-state index is 0.194. The zero-order valence-electron chi connectivity index (χ0n) is 15.1. The van der Waals surface area contributed by atoms with Crippen LogP contribution in [0.3, 0.4) is 0 Å². The third-order valence-electron chi connectivity index (χ3n) is 4.45. The van der Waals surface area contributed by atoms with Gasteiger partial charge in [0.15, 0.2) is 0 Å². The van der Waals surface area contributed by atoms with E-state index in [1.807, 2.05) is 19.1 Å². The Hall–Kier alpha value is -2.86. The minimum Gasteiger partial charge on any atom is -0.479 e. The van der Waals surface area contributed by atoms with Gasteiger partial charge < -0.3 is 15.9 Å². The van der Waals surface area contributed by atoms with Crippen molar-refractivity contribution < 1.29 is 19.8 Å². The Morgan fingerprint density at radius 2 is 1.70 bits per heavy atom. The van der Waals surface area contributed by atoms with Gasteiger partial charge in [0.05, 0.1) is 5.71 Å². The van der Waals surface area contributed by atoms with Crippen molar-refractivity contribution in [1.82, 2.24) is 0 Å². The number of hydrogen-bond acceptors (Lipinski definition) is 4. The summed E-state index contributed by atoms with van der Waals surface area (Å²) < 4.78 is 0. The van der Waals surface area contributed by atoms with E-state index in [0.29, 0.717) is 28.3 Å². The molecule has 0 radical (unpaired) electrons. The topological polar surface area (TPSA) is 113 Å². The highest BCUT2D eigenvalue weighted by Gasteiger charge is 2.45. The molecule has 0 bridgehead atoms. The van der Waals surface area contributed by atoms with Crippen molar-refractivity contribution >= 4 is 34.9 Å². The normalized spacial score (nSPS) is 12.0. The Bertz CT molecular complexity index is 895. The first kappa shape index (κ1) is 20.5. The van der Waals surface area contributed by atoms with Crippen molar-refractivity contribution in [2.24, 2.45) is 4.99 Å². The molecule has 0 atom stereocenters. The lowest BCUT2D eigenvalue weighted by molar-refractivity contribution is -0.156. The second-order valence-electron chi connectivity index (χ2n) is 6.03. The van der Waals surface area contributed by atoms with Crippen LogP contribution in [0.1, 0.15) is 37.0 Å². The summed E-state index contributed by atoms with van der Waals surface area (Å²) in [6.07, 6.45) is 0.421. The lowest BCUT2D eigenvalue weighted by atomic mass is 9.92. The third kappa shape index (κ3) is 3.95. The van der Waals surface area contributed by atoms with Crippen LogP contribution in [0, 0.1) is 0 Å². The van der Waals surface area contributed by atoms with Crippen molar-refractivity contribution in [2.45, 2.75) is 32.2 Å². The van der Waals surface area contributed by atoms with Gasteiger partial charge in [-0.2, -0.15) is 0 Å². The molecule has 0 aliphatic rings. The molecule has 0 heterocycles. The minimum atomic E-state index is -2.33. The quantitative estimate of drug-likeness (QED) is 0.380. The fourth-order valence-electron chi connectivity index (χ4n) is 2.82. The number of nitrogens with zero attached hydrogens (tertiary/aromatic N) is 1. The van der Waals surface area contributed by atoms with Gasteiger partial charge >= 0.3 is 11.9 Å². The van der Waals surface area contributed by atoms with Gasteiger partial charge in [-0.15, -0.1) is 0 Å². The number of benzene rings is 2. The zero-order valence-corrected chi connectivity index (χ0v) is 15.8. The highest BCUT2D eigenvalue weighted by atomic mass is 35.5. The smallest absolute Gasteiger partial charge is 0.343 e. The summed E-state index contributed by atoms with van der Waals surface area (Å²) in [7, 11) is 0. The van der Waals surface area contributed by atoms with Crippen molar-refractivity contribution in [1.29, 1.82) is 0 Å². The standard InChI is InChI=1S/C20H21ClN2O4/c1-3-12-7-5-6-8-14(12)17(15-11-13(21)9-10-16(15)22)23-20(4-2,18(24)25)19(26)27/h5-11H,3-4,22H2,1-2H3,(H,24,25)(H,26,27). The fraction of sp³-hybridized carbons (Fsp3) is 0.250. The Kier molecular flexibility index (Phi) is 6.23. The van der Waals surface area contributed by atoms with Crippen LogP contribution in [0.4, 0.5) is 5.69 Å². The van der Waals surface area contributed by atoms with Crippen molar-refractivity contribution in [3.63, 3.8) is 0 Å². The maximum atomic E-state index is 11.9. The largest absolute Gasteiger partial charge is 0.479 e. The van der Waals surface area contributed by atoms with Gasteiger partial charge in [-0.1, -0.05) is 49.7 Å². The molecular weight excluding hydrogens is 368 g/mol. The van der Waals surface area contributed by atoms with Crippen LogP contribution in [0.2, 0.25) is 5.02 Å². The van der Waals surface area contributed by atoms with Gasteiger partial charge in [-0.25, -0.2) is 9.59 Å². The Morgan fingerprint density at radius 1 is 1.07 bits per heavy atom. The molecular formula is C20H21ClN2O4. The van der Waals surface area contributed by atoms with Crippen LogP contribution in [-0.2, 0) is 16.0 Å². The molecule has 2 aromatic carbocycles. The molecule has 0 saturated heterocycles. The van der Waals surface area contributed by atoms with E-state index in [9.17, 15) is 19.8 Å². The Morgan fingerprint density at radius 3 is 2.26 bits per heavy atom. The molecule has 0 spiro atoms. The van der Waals surface area contributed by atoms with Gasteiger partial charge in [0.1, 0.15) is 0 Å². The van der Waals surface area contributed by atoms with E-state index < -0.39 is 17.5 Å². The number of carbonyl (C=O) groups is 2. The van der Waals surface area contributed by atoms with Crippen LogP contribution >= 0.6 is 11.6 Å². The molecule has 4 N–H and O–H groups in total. The Balaban J connectivity index is 2.91. The summed E-state index contributed by atoms with van der Waals surface area (Å²) in [5.74, 6) is -3.07. The molecule has 0 unspecified atom stereocenters. The molecule has 2 aromatic rings. The third-order valence-corrected chi connectivity index (χ3v) is 4.68. The first-order valence-electron chi connectivity index (χ1n) is 8.47. The van der Waals surface area contributed by atoms with E-state index >= 15 is 0 Å². The van der Waals surface area contributed by atoms with Gasteiger partial charge in [0.25, 0.3) is 5.54 Å². The molecule has 0 aliphatic carbocycles. The van der Waals surface area contributed by atoms with Crippen molar-refractivity contribution in [2.75, 3.05) is 5.73 Å². The van der Waals surface area contributed by atoms with Crippen LogP contribution in [0.15, 0.2) is 47.5 Å². The van der Waals surface area contributed by atoms with Crippen LogP contribution in [0.5, 0.6) is 0 Å². The van der Waals surface area contributed by atoms with Gasteiger partial charge in [-0.3, -0.25) is 4.99 Å². The average Bonchev–Trinajstić information content (AvgIpc) is 2.64. The van der Waals surface area contributed by atoms with Crippen LogP contribution in [0.25, 0.3) is 0 Å². The number of carboxylic acids is 2. The molecule has 7 heteroatoms. The monoisotopic (exact) mass is 388 g/mol. The van der Waals surface area contributed by atoms with E-state index in [0.717, 1.165) is 5.56 Å². The predicted octanol–water partition coefficient (Wildman–Crippen LogP) is 3.64. The molecule has 0 aliphatic heterocycles. The summed E-state index contributed by atoms with van der Waals surface area (Å²) in [5, 5.41) is 19.7. The summed E-state index contributed by atoms with van der Waals surface area (Å²) in [6, 6.07) is 12.0. The van der Waals surface area contributed by atoms with Crippen LogP contribution < -0.4 is 5.73 Å². The molecule has 142 valence electrons. The van der Waals surface area contributed by atoms with E-state index in [1.165, 1.54) is 6.92 Å². The molecule has 0 saturated carbocycles. The average molecular weight is 389 g/mol. The summed E-state index contributed by atoms with van der Waals surface area (Å²) >= 11 is 6.11. The van der Waals surface area contributed by atoms with E-state index in [2.05, 4.69) is 4.99 Å². The lowest BCUT2D eigenvalue weighted by Crippen LogP contribution is -2.45. The molecule has 0 amide bonds. The Labute approximate surface area is 162 Å². The fourth-order valence-corrected chi connectivity index (χ4v) is 2.99.